The average Bonchev–Trinajstić information content (AvgIpc) is 3.86. The van der Waals surface area contributed by atoms with Gasteiger partial charge in [0, 0.05) is 47.6 Å². The maximum atomic E-state index is 6.52. The fraction of sp³-hybridized carbons (Fsp3) is 0. The van der Waals surface area contributed by atoms with Gasteiger partial charge in [0.05, 0.1) is 0 Å². The summed E-state index contributed by atoms with van der Waals surface area (Å²) < 4.78 is 9.11. The lowest BCUT2D eigenvalue weighted by atomic mass is 9.96. The number of hydrogen-bond donors (Lipinski definition) is 0. The first-order chi connectivity index (χ1) is 27.7. The van der Waals surface area contributed by atoms with E-state index in [2.05, 4.69) is 127 Å². The molecule has 3 heterocycles. The van der Waals surface area contributed by atoms with Gasteiger partial charge in [-0.05, 0) is 57.6 Å². The van der Waals surface area contributed by atoms with Crippen LogP contribution in [-0.4, -0.2) is 15.0 Å². The largest absolute Gasteiger partial charge is 0.456 e. The molecule has 5 heteroatoms. The van der Waals surface area contributed by atoms with E-state index in [1.807, 2.05) is 72.0 Å². The Bertz CT molecular complexity index is 3180. The van der Waals surface area contributed by atoms with Crippen LogP contribution in [0.3, 0.4) is 0 Å². The minimum Gasteiger partial charge on any atom is -0.456 e. The van der Waals surface area contributed by atoms with E-state index in [4.69, 9.17) is 19.4 Å². The average molecular weight is 734 g/mol. The van der Waals surface area contributed by atoms with Crippen molar-refractivity contribution in [3.8, 4) is 67.5 Å². The molecule has 11 aromatic rings. The molecule has 8 aromatic carbocycles. The first-order valence-corrected chi connectivity index (χ1v) is 19.5. The molecule has 262 valence electrons. The molecule has 0 aliphatic heterocycles. The molecule has 0 amide bonds. The van der Waals surface area contributed by atoms with Crippen molar-refractivity contribution in [2.45, 2.75) is 0 Å². The summed E-state index contributed by atoms with van der Waals surface area (Å²) in [7, 11) is 0. The number of hydrogen-bond acceptors (Lipinski definition) is 5. The highest BCUT2D eigenvalue weighted by Gasteiger charge is 2.18. The summed E-state index contributed by atoms with van der Waals surface area (Å²) in [6, 6.07) is 65.6. The van der Waals surface area contributed by atoms with E-state index in [0.717, 1.165) is 55.3 Å². The zero-order valence-corrected chi connectivity index (χ0v) is 30.9. The molecule has 0 aliphatic rings. The SMILES string of the molecule is c1ccc(-c2nc(-c3ccccc3)nc(-c3cccc(-c4cccc5oc6ccc(-c7cccc8c7sc7c(-c9ccccc9)cccc78)cc6c45)c3)n2)cc1. The predicted molar refractivity (Wildman–Crippen MR) is 233 cm³/mol. The van der Waals surface area contributed by atoms with Crippen LogP contribution in [0.5, 0.6) is 0 Å². The van der Waals surface area contributed by atoms with Crippen molar-refractivity contribution in [1.82, 2.24) is 15.0 Å². The third-order valence-corrected chi connectivity index (χ3v) is 11.8. The van der Waals surface area contributed by atoms with Crippen LogP contribution in [0.25, 0.3) is 110 Å². The van der Waals surface area contributed by atoms with Crippen LogP contribution in [0.1, 0.15) is 0 Å². The maximum absolute atomic E-state index is 6.52. The fourth-order valence-electron chi connectivity index (χ4n) is 7.89. The highest BCUT2D eigenvalue weighted by atomic mass is 32.1. The van der Waals surface area contributed by atoms with E-state index < -0.39 is 0 Å². The Hall–Kier alpha value is -7.21. The van der Waals surface area contributed by atoms with Crippen LogP contribution in [0.2, 0.25) is 0 Å². The predicted octanol–water partition coefficient (Wildman–Crippen LogP) is 14.1. The van der Waals surface area contributed by atoms with Gasteiger partial charge in [-0.3, -0.25) is 0 Å². The van der Waals surface area contributed by atoms with Gasteiger partial charge in [0.25, 0.3) is 0 Å². The Morgan fingerprint density at radius 1 is 0.321 bits per heavy atom. The van der Waals surface area contributed by atoms with Gasteiger partial charge >= 0.3 is 0 Å². The molecular weight excluding hydrogens is 703 g/mol. The van der Waals surface area contributed by atoms with Crippen LogP contribution in [0, 0.1) is 0 Å². The summed E-state index contributed by atoms with van der Waals surface area (Å²) >= 11 is 1.87. The van der Waals surface area contributed by atoms with E-state index in [1.54, 1.807) is 0 Å². The van der Waals surface area contributed by atoms with Crippen LogP contribution in [0.4, 0.5) is 0 Å². The maximum Gasteiger partial charge on any atom is 0.164 e. The number of thiophene rings is 1. The number of rotatable bonds is 6. The Labute approximate surface area is 327 Å². The van der Waals surface area contributed by atoms with Gasteiger partial charge in [-0.25, -0.2) is 15.0 Å². The summed E-state index contributed by atoms with van der Waals surface area (Å²) in [4.78, 5) is 14.9. The van der Waals surface area contributed by atoms with Gasteiger partial charge in [-0.1, -0.05) is 164 Å². The summed E-state index contributed by atoms with van der Waals surface area (Å²) in [5.74, 6) is 1.90. The normalized spacial score (nSPS) is 11.6. The minimum absolute atomic E-state index is 0.623. The Balaban J connectivity index is 1.05. The van der Waals surface area contributed by atoms with Gasteiger partial charge in [-0.2, -0.15) is 0 Å². The summed E-state index contributed by atoms with van der Waals surface area (Å²) in [6.07, 6.45) is 0. The van der Waals surface area contributed by atoms with Gasteiger partial charge < -0.3 is 4.42 Å². The second-order valence-electron chi connectivity index (χ2n) is 13.9. The first kappa shape index (κ1) is 32.2. The van der Waals surface area contributed by atoms with Crippen LogP contribution >= 0.6 is 11.3 Å². The molecule has 0 bridgehead atoms. The molecule has 0 fully saturated rings. The van der Waals surface area contributed by atoms with Gasteiger partial charge in [0.1, 0.15) is 11.2 Å². The Kier molecular flexibility index (Phi) is 7.64. The second-order valence-corrected chi connectivity index (χ2v) is 15.0. The van der Waals surface area contributed by atoms with Crippen molar-refractivity contribution in [3.63, 3.8) is 0 Å². The summed E-state index contributed by atoms with van der Waals surface area (Å²) in [5, 5.41) is 4.73. The molecule has 3 aromatic heterocycles. The molecule has 0 aliphatic carbocycles. The molecule has 0 unspecified atom stereocenters. The molecule has 0 N–H and O–H groups in total. The Morgan fingerprint density at radius 2 is 0.804 bits per heavy atom. The molecule has 0 radical (unpaired) electrons. The molecule has 0 saturated heterocycles. The molecule has 0 atom stereocenters. The smallest absolute Gasteiger partial charge is 0.164 e. The second kappa shape index (κ2) is 13.3. The van der Waals surface area contributed by atoms with E-state index in [-0.39, 0.29) is 0 Å². The van der Waals surface area contributed by atoms with Crippen LogP contribution < -0.4 is 0 Å². The molecule has 0 spiro atoms. The summed E-state index contributed by atoms with van der Waals surface area (Å²) in [5.41, 5.74) is 11.5. The highest BCUT2D eigenvalue weighted by Crippen LogP contribution is 2.45. The number of nitrogens with zero attached hydrogens (tertiary/aromatic N) is 3. The van der Waals surface area contributed by atoms with Crippen LogP contribution in [0.15, 0.2) is 192 Å². The highest BCUT2D eigenvalue weighted by molar-refractivity contribution is 7.26. The summed E-state index contributed by atoms with van der Waals surface area (Å²) in [6.45, 7) is 0. The minimum atomic E-state index is 0.623. The van der Waals surface area contributed by atoms with Crippen molar-refractivity contribution in [2.75, 3.05) is 0 Å². The number of aromatic nitrogens is 3. The molecule has 0 saturated carbocycles. The zero-order chi connectivity index (χ0) is 37.0. The zero-order valence-electron chi connectivity index (χ0n) is 30.1. The van der Waals surface area contributed by atoms with E-state index >= 15 is 0 Å². The Morgan fingerprint density at radius 3 is 1.45 bits per heavy atom. The van der Waals surface area contributed by atoms with Crippen LogP contribution in [-0.2, 0) is 0 Å². The van der Waals surface area contributed by atoms with Crippen molar-refractivity contribution in [1.29, 1.82) is 0 Å². The van der Waals surface area contributed by atoms with E-state index in [9.17, 15) is 0 Å². The monoisotopic (exact) mass is 733 g/mol. The van der Waals surface area contributed by atoms with E-state index in [0.29, 0.717) is 17.5 Å². The van der Waals surface area contributed by atoms with Crippen molar-refractivity contribution < 1.29 is 4.42 Å². The molecule has 56 heavy (non-hydrogen) atoms. The van der Waals surface area contributed by atoms with Gasteiger partial charge in [0.2, 0.25) is 0 Å². The lowest BCUT2D eigenvalue weighted by Gasteiger charge is -2.10. The van der Waals surface area contributed by atoms with E-state index in [1.165, 1.54) is 36.9 Å². The standard InChI is InChI=1S/C51H31N3OS/c1-4-14-32(15-5-1)39-23-11-25-41-42-26-12-24-40(48(42)56-47(39)41)36-28-29-44-43(31-36)46-38(22-13-27-45(46)55-44)35-20-10-21-37(30-35)51-53-49(33-16-6-2-7-17-33)52-50(54-51)34-18-8-3-9-19-34/h1-31H. The van der Waals surface area contributed by atoms with Gasteiger partial charge in [0.15, 0.2) is 17.5 Å². The van der Waals surface area contributed by atoms with Crippen molar-refractivity contribution >= 4 is 53.4 Å². The fourth-order valence-corrected chi connectivity index (χ4v) is 9.26. The van der Waals surface area contributed by atoms with Crippen molar-refractivity contribution in [2.24, 2.45) is 0 Å². The quantitative estimate of drug-likeness (QED) is 0.171. The lowest BCUT2D eigenvalue weighted by Crippen LogP contribution is -2.00. The molecule has 11 rings (SSSR count). The number of furan rings is 1. The first-order valence-electron chi connectivity index (χ1n) is 18.7. The number of fused-ring (bicyclic) bond motifs is 6. The topological polar surface area (TPSA) is 51.8 Å². The third-order valence-electron chi connectivity index (χ3n) is 10.5. The number of benzene rings is 8. The third kappa shape index (κ3) is 5.48. The van der Waals surface area contributed by atoms with Gasteiger partial charge in [-0.15, -0.1) is 11.3 Å². The van der Waals surface area contributed by atoms with Crippen molar-refractivity contribution in [3.05, 3.63) is 188 Å². The molecule has 4 nitrogen and oxygen atoms in total. The molecular formula is C51H31N3OS. The lowest BCUT2D eigenvalue weighted by molar-refractivity contribution is 0.669.